The molecule has 32 heavy (non-hydrogen) atoms. The molecule has 0 bridgehead atoms. The maximum Gasteiger partial charge on any atom is 0.220 e. The van der Waals surface area contributed by atoms with Crippen LogP contribution in [0.5, 0.6) is 0 Å². The number of aliphatic hydroxyl groups is 1. The van der Waals surface area contributed by atoms with Gasteiger partial charge in [-0.15, -0.1) is 0 Å². The summed E-state index contributed by atoms with van der Waals surface area (Å²) in [5, 5.41) is 13.5. The lowest BCUT2D eigenvalue weighted by Gasteiger charge is -2.18. The van der Waals surface area contributed by atoms with Gasteiger partial charge in [0.05, 0.1) is 6.10 Å². The van der Waals surface area contributed by atoms with Crippen LogP contribution in [0, 0.1) is 5.92 Å². The second kappa shape index (κ2) is 12.9. The van der Waals surface area contributed by atoms with Crippen molar-refractivity contribution in [2.45, 2.75) is 109 Å². The first kappa shape index (κ1) is 24.7. The van der Waals surface area contributed by atoms with Crippen LogP contribution in [0.1, 0.15) is 96.0 Å². The summed E-state index contributed by atoms with van der Waals surface area (Å²) in [5.41, 5.74) is 3.69. The van der Waals surface area contributed by atoms with Crippen LogP contribution < -0.4 is 5.32 Å². The fourth-order valence-electron chi connectivity index (χ4n) is 4.78. The third-order valence-electron chi connectivity index (χ3n) is 7.01. The van der Waals surface area contributed by atoms with Gasteiger partial charge in [0, 0.05) is 18.9 Å². The van der Waals surface area contributed by atoms with Crippen LogP contribution in [0.15, 0.2) is 41.5 Å². The Balaban J connectivity index is 1.33. The fourth-order valence-corrected chi connectivity index (χ4v) is 4.78. The van der Waals surface area contributed by atoms with Gasteiger partial charge in [0.25, 0.3) is 0 Å². The lowest BCUT2D eigenvalue weighted by atomic mass is 9.89. The smallest absolute Gasteiger partial charge is 0.220 e. The van der Waals surface area contributed by atoms with E-state index in [2.05, 4.69) is 24.4 Å². The molecule has 0 radical (unpaired) electrons. The Bertz CT molecular complexity index is 766. The van der Waals surface area contributed by atoms with Crippen LogP contribution in [0.3, 0.4) is 0 Å². The Morgan fingerprint density at radius 3 is 2.50 bits per heavy atom. The van der Waals surface area contributed by atoms with Gasteiger partial charge < -0.3 is 10.4 Å². The number of rotatable bonds is 15. The fraction of sp³-hybridized carbons (Fsp3) is 0.643. The molecule has 1 aromatic carbocycles. The average Bonchev–Trinajstić information content (AvgIpc) is 3.53. The summed E-state index contributed by atoms with van der Waals surface area (Å²) in [7, 11) is 0. The maximum atomic E-state index is 12.4. The predicted octanol–water partition coefficient (Wildman–Crippen LogP) is 5.68. The second-order valence-corrected chi connectivity index (χ2v) is 9.84. The molecule has 1 saturated carbocycles. The van der Waals surface area contributed by atoms with Crippen molar-refractivity contribution >= 4 is 11.7 Å². The van der Waals surface area contributed by atoms with Gasteiger partial charge in [-0.3, -0.25) is 9.59 Å². The molecule has 2 unspecified atom stereocenters. The number of hydrogen-bond donors (Lipinski definition) is 2. The summed E-state index contributed by atoms with van der Waals surface area (Å²) in [6.45, 7) is 2.22. The minimum Gasteiger partial charge on any atom is -0.393 e. The van der Waals surface area contributed by atoms with Crippen molar-refractivity contribution in [3.63, 3.8) is 0 Å². The molecule has 4 heteroatoms. The molecular weight excluding hydrogens is 398 g/mol. The molecular formula is C28H41NO3. The Labute approximate surface area is 193 Å². The first-order valence-electron chi connectivity index (χ1n) is 12.8. The van der Waals surface area contributed by atoms with E-state index in [1.54, 1.807) is 0 Å². The van der Waals surface area contributed by atoms with Crippen molar-refractivity contribution in [2.24, 2.45) is 5.92 Å². The lowest BCUT2D eigenvalue weighted by molar-refractivity contribution is -0.121. The van der Waals surface area contributed by atoms with Crippen molar-refractivity contribution in [3.8, 4) is 0 Å². The van der Waals surface area contributed by atoms with Crippen LogP contribution in [-0.4, -0.2) is 28.9 Å². The van der Waals surface area contributed by atoms with Gasteiger partial charge in [0.2, 0.25) is 5.91 Å². The highest BCUT2D eigenvalue weighted by Crippen LogP contribution is 2.34. The first-order chi connectivity index (χ1) is 15.5. The summed E-state index contributed by atoms with van der Waals surface area (Å²) < 4.78 is 0. The Kier molecular flexibility index (Phi) is 9.98. The molecule has 0 aromatic heterocycles. The van der Waals surface area contributed by atoms with Crippen LogP contribution in [0.4, 0.5) is 0 Å². The van der Waals surface area contributed by atoms with Gasteiger partial charge in [-0.05, 0) is 81.3 Å². The van der Waals surface area contributed by atoms with E-state index >= 15 is 0 Å². The Hall–Kier alpha value is -1.94. The molecule has 2 aliphatic carbocycles. The van der Waals surface area contributed by atoms with Crippen molar-refractivity contribution in [1.82, 2.24) is 5.32 Å². The summed E-state index contributed by atoms with van der Waals surface area (Å²) in [6.07, 6.45) is 12.6. The van der Waals surface area contributed by atoms with Crippen LogP contribution in [0.25, 0.3) is 0 Å². The molecule has 0 saturated heterocycles. The van der Waals surface area contributed by atoms with Crippen LogP contribution >= 0.6 is 0 Å². The number of carbonyl (C=O) groups excluding carboxylic acids is 2. The van der Waals surface area contributed by atoms with Gasteiger partial charge in [-0.2, -0.15) is 0 Å². The largest absolute Gasteiger partial charge is 0.393 e. The van der Waals surface area contributed by atoms with E-state index in [1.807, 2.05) is 18.2 Å². The number of ketones is 1. The minimum atomic E-state index is -0.282. The van der Waals surface area contributed by atoms with Gasteiger partial charge >= 0.3 is 0 Å². The summed E-state index contributed by atoms with van der Waals surface area (Å²) in [5.74, 6) is 0.900. The maximum absolute atomic E-state index is 12.4. The highest BCUT2D eigenvalue weighted by atomic mass is 16.3. The number of aryl methyl sites for hydroxylation is 1. The van der Waals surface area contributed by atoms with E-state index in [-0.39, 0.29) is 12.0 Å². The van der Waals surface area contributed by atoms with Crippen molar-refractivity contribution in [1.29, 1.82) is 0 Å². The van der Waals surface area contributed by atoms with E-state index in [0.717, 1.165) is 82.6 Å². The topological polar surface area (TPSA) is 66.4 Å². The van der Waals surface area contributed by atoms with Crippen molar-refractivity contribution < 1.29 is 14.7 Å². The Morgan fingerprint density at radius 2 is 1.75 bits per heavy atom. The number of hydrogen-bond acceptors (Lipinski definition) is 3. The molecule has 0 aliphatic heterocycles. The van der Waals surface area contributed by atoms with Gasteiger partial charge in [0.15, 0.2) is 5.78 Å². The van der Waals surface area contributed by atoms with E-state index < -0.39 is 0 Å². The quantitative estimate of drug-likeness (QED) is 0.346. The molecule has 0 spiro atoms. The molecule has 2 N–H and O–H groups in total. The normalized spacial score (nSPS) is 18.1. The second-order valence-electron chi connectivity index (χ2n) is 9.84. The predicted molar refractivity (Wildman–Crippen MR) is 129 cm³/mol. The molecule has 1 amide bonds. The number of Topliss-reactive ketones (excluding diaryl/α,β-unsaturated/α-hetero) is 1. The van der Waals surface area contributed by atoms with E-state index in [1.165, 1.54) is 11.1 Å². The van der Waals surface area contributed by atoms with Crippen LogP contribution in [0.2, 0.25) is 0 Å². The lowest BCUT2D eigenvalue weighted by Crippen LogP contribution is -2.24. The van der Waals surface area contributed by atoms with Gasteiger partial charge in [-0.25, -0.2) is 0 Å². The number of allylic oxidation sites excluding steroid dienone is 2. The summed E-state index contributed by atoms with van der Waals surface area (Å²) in [6, 6.07) is 10.8. The number of unbranched alkanes of at least 4 members (excludes halogenated alkanes) is 3. The molecule has 0 heterocycles. The standard InChI is InChI=1S/C28H41NO3/c1-21(13-17-24(30)18-14-22-9-5-4-6-10-22)25-19-20-27(31)26(25)11-7-2-3-8-12-28(32)29-23-15-16-23/h4-6,9-10,21,23-24,30H,2-3,7-8,11-20H2,1H3,(H,29,32). The number of nitrogens with one attached hydrogen (secondary N) is 1. The van der Waals surface area contributed by atoms with Gasteiger partial charge in [0.1, 0.15) is 0 Å². The SMILES string of the molecule is CC(CCC(O)CCc1ccccc1)C1=C(CCCCCCC(=O)NC2CC2)C(=O)CC1. The number of amides is 1. The zero-order valence-electron chi connectivity index (χ0n) is 19.8. The molecule has 176 valence electrons. The van der Waals surface area contributed by atoms with E-state index in [9.17, 15) is 14.7 Å². The first-order valence-corrected chi connectivity index (χ1v) is 12.8. The molecule has 2 atom stereocenters. The average molecular weight is 440 g/mol. The number of aliphatic hydroxyl groups excluding tert-OH is 1. The Morgan fingerprint density at radius 1 is 1.00 bits per heavy atom. The molecule has 1 aromatic rings. The monoisotopic (exact) mass is 439 g/mol. The zero-order chi connectivity index (χ0) is 22.8. The molecule has 1 fully saturated rings. The molecule has 4 nitrogen and oxygen atoms in total. The highest BCUT2D eigenvalue weighted by Gasteiger charge is 2.26. The van der Waals surface area contributed by atoms with E-state index in [0.29, 0.717) is 30.6 Å². The highest BCUT2D eigenvalue weighted by molar-refractivity contribution is 5.98. The van der Waals surface area contributed by atoms with Gasteiger partial charge in [-0.1, -0.05) is 55.7 Å². The third-order valence-corrected chi connectivity index (χ3v) is 7.01. The van der Waals surface area contributed by atoms with Crippen molar-refractivity contribution in [2.75, 3.05) is 0 Å². The minimum absolute atomic E-state index is 0.197. The van der Waals surface area contributed by atoms with Crippen LogP contribution in [-0.2, 0) is 16.0 Å². The number of benzene rings is 1. The summed E-state index contributed by atoms with van der Waals surface area (Å²) >= 11 is 0. The van der Waals surface area contributed by atoms with E-state index in [4.69, 9.17) is 0 Å². The van der Waals surface area contributed by atoms with Crippen molar-refractivity contribution in [3.05, 3.63) is 47.0 Å². The molecule has 2 aliphatic rings. The number of carbonyl (C=O) groups is 2. The molecule has 3 rings (SSSR count). The summed E-state index contributed by atoms with van der Waals surface area (Å²) in [4.78, 5) is 24.2. The third kappa shape index (κ3) is 8.54. The zero-order valence-corrected chi connectivity index (χ0v) is 19.8.